The molecule has 0 saturated heterocycles. The molecule has 3 rings (SSSR count). The number of carbonyl (C=O) groups is 1. The lowest BCUT2D eigenvalue weighted by Crippen LogP contribution is -2.41. The maximum atomic E-state index is 13.4. The molecule has 0 spiro atoms. The van der Waals surface area contributed by atoms with Crippen LogP contribution >= 0.6 is 0 Å². The van der Waals surface area contributed by atoms with Crippen LogP contribution in [0.3, 0.4) is 0 Å². The van der Waals surface area contributed by atoms with Gasteiger partial charge in [-0.15, -0.1) is 0 Å². The second-order valence-electron chi connectivity index (χ2n) is 7.81. The van der Waals surface area contributed by atoms with Crippen molar-refractivity contribution in [2.75, 3.05) is 10.8 Å². The van der Waals surface area contributed by atoms with Gasteiger partial charge in [0.25, 0.3) is 10.0 Å². The molecule has 3 aromatic rings. The summed E-state index contributed by atoms with van der Waals surface area (Å²) in [7, 11) is -3.91. The first-order valence-corrected chi connectivity index (χ1v) is 11.6. The molecule has 1 amide bonds. The van der Waals surface area contributed by atoms with E-state index in [4.69, 9.17) is 0 Å². The fourth-order valence-electron chi connectivity index (χ4n) is 3.62. The van der Waals surface area contributed by atoms with Crippen molar-refractivity contribution in [1.82, 2.24) is 5.32 Å². The maximum absolute atomic E-state index is 13.4. The molecule has 0 aliphatic rings. The molecule has 0 saturated carbocycles. The summed E-state index contributed by atoms with van der Waals surface area (Å²) in [6, 6.07) is 21.1. The maximum Gasteiger partial charge on any atom is 0.264 e. The molecule has 0 bridgehead atoms. The van der Waals surface area contributed by atoms with Gasteiger partial charge in [-0.1, -0.05) is 54.1 Å². The summed E-state index contributed by atoms with van der Waals surface area (Å²) in [5.41, 5.74) is 4.61. The van der Waals surface area contributed by atoms with Crippen LogP contribution in [0.2, 0.25) is 0 Å². The summed E-state index contributed by atoms with van der Waals surface area (Å²) in [6.45, 7) is 7.51. The normalized spacial score (nSPS) is 12.3. The van der Waals surface area contributed by atoms with E-state index < -0.39 is 10.0 Å². The average molecular weight is 437 g/mol. The molecule has 1 N–H and O–H groups in total. The summed E-state index contributed by atoms with van der Waals surface area (Å²) in [5, 5.41) is 2.95. The minimum atomic E-state index is -3.91. The second-order valence-corrected chi connectivity index (χ2v) is 9.68. The van der Waals surface area contributed by atoms with E-state index in [1.54, 1.807) is 36.4 Å². The third-order valence-electron chi connectivity index (χ3n) is 5.18. The van der Waals surface area contributed by atoms with Crippen LogP contribution in [-0.2, 0) is 14.8 Å². The van der Waals surface area contributed by atoms with Crippen LogP contribution in [0.15, 0.2) is 77.7 Å². The van der Waals surface area contributed by atoms with E-state index in [9.17, 15) is 13.2 Å². The number of hydrogen-bond acceptors (Lipinski definition) is 3. The fourth-order valence-corrected chi connectivity index (χ4v) is 5.06. The molecule has 162 valence electrons. The van der Waals surface area contributed by atoms with Crippen LogP contribution < -0.4 is 9.62 Å². The van der Waals surface area contributed by atoms with Crippen LogP contribution in [0.25, 0.3) is 0 Å². The number of hydrogen-bond donors (Lipinski definition) is 1. The molecule has 0 radical (unpaired) electrons. The third-order valence-corrected chi connectivity index (χ3v) is 6.97. The minimum Gasteiger partial charge on any atom is -0.348 e. The van der Waals surface area contributed by atoms with Gasteiger partial charge in [0.05, 0.1) is 16.6 Å². The number of nitrogens with one attached hydrogen (secondary N) is 1. The molecule has 0 aliphatic carbocycles. The number of sulfonamides is 1. The van der Waals surface area contributed by atoms with Crippen molar-refractivity contribution >= 4 is 21.6 Å². The highest BCUT2D eigenvalue weighted by Crippen LogP contribution is 2.25. The van der Waals surface area contributed by atoms with Crippen molar-refractivity contribution < 1.29 is 13.2 Å². The molecule has 1 atom stereocenters. The first kappa shape index (κ1) is 22.6. The summed E-state index contributed by atoms with van der Waals surface area (Å²) < 4.78 is 27.9. The molecule has 0 aromatic heterocycles. The Kier molecular flexibility index (Phi) is 6.81. The van der Waals surface area contributed by atoms with Crippen molar-refractivity contribution in [2.45, 2.75) is 38.6 Å². The number of anilines is 1. The summed E-state index contributed by atoms with van der Waals surface area (Å²) >= 11 is 0. The molecule has 0 fully saturated rings. The van der Waals surface area contributed by atoms with Crippen molar-refractivity contribution in [3.8, 4) is 0 Å². The highest BCUT2D eigenvalue weighted by Gasteiger charge is 2.27. The van der Waals surface area contributed by atoms with Gasteiger partial charge >= 0.3 is 0 Å². The Labute approximate surface area is 184 Å². The number of nitrogens with zero attached hydrogens (tertiary/aromatic N) is 1. The minimum absolute atomic E-state index is 0.145. The van der Waals surface area contributed by atoms with Crippen molar-refractivity contribution in [2.24, 2.45) is 0 Å². The van der Waals surface area contributed by atoms with E-state index >= 15 is 0 Å². The Morgan fingerprint density at radius 2 is 1.58 bits per heavy atom. The molecular weight excluding hydrogens is 408 g/mol. The molecule has 31 heavy (non-hydrogen) atoms. The lowest BCUT2D eigenvalue weighted by Gasteiger charge is -2.25. The highest BCUT2D eigenvalue weighted by atomic mass is 32.2. The van der Waals surface area contributed by atoms with Gasteiger partial charge in [0.1, 0.15) is 6.54 Å². The smallest absolute Gasteiger partial charge is 0.264 e. The van der Waals surface area contributed by atoms with E-state index in [0.717, 1.165) is 22.3 Å². The van der Waals surface area contributed by atoms with Gasteiger partial charge < -0.3 is 5.32 Å². The topological polar surface area (TPSA) is 66.5 Å². The Bertz CT molecular complexity index is 1170. The number of benzene rings is 3. The van der Waals surface area contributed by atoms with Gasteiger partial charge in [-0.25, -0.2) is 8.42 Å². The number of carbonyl (C=O) groups excluding carboxylic acids is 1. The van der Waals surface area contributed by atoms with E-state index in [2.05, 4.69) is 11.4 Å². The predicted octanol–water partition coefficient (Wildman–Crippen LogP) is 4.68. The summed E-state index contributed by atoms with van der Waals surface area (Å²) in [5.74, 6) is -0.367. The first-order chi connectivity index (χ1) is 14.7. The zero-order valence-electron chi connectivity index (χ0n) is 18.3. The largest absolute Gasteiger partial charge is 0.348 e. The van der Waals surface area contributed by atoms with E-state index in [0.29, 0.717) is 5.69 Å². The van der Waals surface area contributed by atoms with Crippen LogP contribution in [0.1, 0.15) is 35.2 Å². The molecule has 0 aliphatic heterocycles. The SMILES string of the molecule is Cc1cccc(N(CC(=O)N[C@H](C)c2ccc(C)cc2C)S(=O)(=O)c2ccccc2)c1. The molecule has 5 nitrogen and oxygen atoms in total. The first-order valence-electron chi connectivity index (χ1n) is 10.2. The van der Waals surface area contributed by atoms with Crippen LogP contribution in [0.5, 0.6) is 0 Å². The summed E-state index contributed by atoms with van der Waals surface area (Å²) in [6.07, 6.45) is 0. The van der Waals surface area contributed by atoms with Gasteiger partial charge in [-0.05, 0) is 68.7 Å². The second kappa shape index (κ2) is 9.35. The number of aryl methyl sites for hydroxylation is 3. The Morgan fingerprint density at radius 1 is 0.903 bits per heavy atom. The van der Waals surface area contributed by atoms with Gasteiger partial charge in [-0.2, -0.15) is 0 Å². The molecular formula is C25H28N2O3S. The summed E-state index contributed by atoms with van der Waals surface area (Å²) in [4.78, 5) is 13.1. The quantitative estimate of drug-likeness (QED) is 0.585. The molecule has 3 aromatic carbocycles. The van der Waals surface area contributed by atoms with E-state index in [1.807, 2.05) is 45.9 Å². The zero-order chi connectivity index (χ0) is 22.6. The third kappa shape index (κ3) is 5.33. The van der Waals surface area contributed by atoms with Crippen molar-refractivity contribution in [3.05, 3.63) is 95.1 Å². The Hall–Kier alpha value is -3.12. The van der Waals surface area contributed by atoms with E-state index in [-0.39, 0.29) is 23.4 Å². The van der Waals surface area contributed by atoms with Crippen LogP contribution in [0, 0.1) is 20.8 Å². The van der Waals surface area contributed by atoms with Crippen molar-refractivity contribution in [1.29, 1.82) is 0 Å². The highest BCUT2D eigenvalue weighted by molar-refractivity contribution is 7.92. The van der Waals surface area contributed by atoms with Crippen LogP contribution in [0.4, 0.5) is 5.69 Å². The average Bonchev–Trinajstić information content (AvgIpc) is 2.72. The Morgan fingerprint density at radius 3 is 2.23 bits per heavy atom. The monoisotopic (exact) mass is 436 g/mol. The van der Waals surface area contributed by atoms with Gasteiger partial charge in [0.15, 0.2) is 0 Å². The van der Waals surface area contributed by atoms with Crippen LogP contribution in [-0.4, -0.2) is 20.9 Å². The van der Waals surface area contributed by atoms with Gasteiger partial charge in [0.2, 0.25) is 5.91 Å². The number of rotatable bonds is 7. The molecule has 6 heteroatoms. The van der Waals surface area contributed by atoms with Crippen molar-refractivity contribution in [3.63, 3.8) is 0 Å². The lowest BCUT2D eigenvalue weighted by molar-refractivity contribution is -0.120. The predicted molar refractivity (Wildman–Crippen MR) is 125 cm³/mol. The molecule has 0 heterocycles. The fraction of sp³-hybridized carbons (Fsp3) is 0.240. The lowest BCUT2D eigenvalue weighted by atomic mass is 10.0. The molecule has 0 unspecified atom stereocenters. The van der Waals surface area contributed by atoms with Gasteiger partial charge in [-0.3, -0.25) is 9.10 Å². The standard InChI is InChI=1S/C25H28N2O3S/c1-18-9-8-10-22(16-18)27(31(29,30)23-11-6-5-7-12-23)17-25(28)26-21(4)24-14-13-19(2)15-20(24)3/h5-16,21H,17H2,1-4H3,(H,26,28)/t21-/m1/s1. The zero-order valence-corrected chi connectivity index (χ0v) is 19.1. The Balaban J connectivity index is 1.89. The van der Waals surface area contributed by atoms with E-state index in [1.165, 1.54) is 16.4 Å². The van der Waals surface area contributed by atoms with Gasteiger partial charge in [0, 0.05) is 0 Å². The number of amides is 1.